The summed E-state index contributed by atoms with van der Waals surface area (Å²) < 4.78 is 0.833. The number of likely N-dealkylation sites (tertiary alicyclic amines) is 1. The van der Waals surface area contributed by atoms with Gasteiger partial charge in [0.05, 0.1) is 6.04 Å². The minimum Gasteiger partial charge on any atom is -0.365 e. The van der Waals surface area contributed by atoms with E-state index in [-0.39, 0.29) is 0 Å². The van der Waals surface area contributed by atoms with Crippen LogP contribution in [0.2, 0.25) is 0 Å². The molecule has 1 aliphatic heterocycles. The van der Waals surface area contributed by atoms with Gasteiger partial charge in [0.1, 0.15) is 16.2 Å². The van der Waals surface area contributed by atoms with Crippen molar-refractivity contribution < 1.29 is 0 Å². The zero-order chi connectivity index (χ0) is 10.1. The molecule has 0 saturated carbocycles. The normalized spacial score (nSPS) is 17.9. The van der Waals surface area contributed by atoms with Gasteiger partial charge in [-0.05, 0) is 29.9 Å². The number of hydrogen-bond acceptors (Lipinski definition) is 4. The lowest BCUT2D eigenvalue weighted by molar-refractivity contribution is 0.205. The van der Waals surface area contributed by atoms with Crippen LogP contribution < -0.4 is 5.32 Å². The zero-order valence-corrected chi connectivity index (χ0v) is 9.87. The standard InChI is InChI=1S/C9H13BrN4/c1-6-11-8(10)3-9(12-6)13-7-4-14(2)5-7/h3,7H,4-5H2,1-2H3,(H,11,12,13). The monoisotopic (exact) mass is 256 g/mol. The Hall–Kier alpha value is -0.680. The van der Waals surface area contributed by atoms with Crippen molar-refractivity contribution >= 4 is 21.7 Å². The number of likely N-dealkylation sites (N-methyl/N-ethyl adjacent to an activating group) is 1. The van der Waals surface area contributed by atoms with E-state index in [1.54, 1.807) is 0 Å². The van der Waals surface area contributed by atoms with Gasteiger partial charge in [-0.15, -0.1) is 0 Å². The summed E-state index contributed by atoms with van der Waals surface area (Å²) in [5.74, 6) is 1.69. The third-order valence-corrected chi connectivity index (χ3v) is 2.63. The van der Waals surface area contributed by atoms with Crippen molar-refractivity contribution in [3.63, 3.8) is 0 Å². The summed E-state index contributed by atoms with van der Waals surface area (Å²) in [5, 5.41) is 3.37. The van der Waals surface area contributed by atoms with Gasteiger partial charge in [-0.3, -0.25) is 0 Å². The Morgan fingerprint density at radius 3 is 2.79 bits per heavy atom. The molecule has 5 heteroatoms. The van der Waals surface area contributed by atoms with Crippen LogP contribution in [-0.4, -0.2) is 41.0 Å². The van der Waals surface area contributed by atoms with Crippen LogP contribution >= 0.6 is 15.9 Å². The van der Waals surface area contributed by atoms with E-state index < -0.39 is 0 Å². The molecule has 0 spiro atoms. The lowest BCUT2D eigenvalue weighted by Crippen LogP contribution is -2.52. The van der Waals surface area contributed by atoms with E-state index in [2.05, 4.69) is 43.2 Å². The minimum atomic E-state index is 0.529. The average Bonchev–Trinajstić information content (AvgIpc) is 1.99. The van der Waals surface area contributed by atoms with Crippen LogP contribution in [0, 0.1) is 6.92 Å². The summed E-state index contributed by atoms with van der Waals surface area (Å²) in [6.45, 7) is 4.06. The smallest absolute Gasteiger partial charge is 0.131 e. The number of nitrogens with zero attached hydrogens (tertiary/aromatic N) is 3. The molecular formula is C9H13BrN4. The molecule has 1 aliphatic rings. The number of aryl methyl sites for hydroxylation is 1. The van der Waals surface area contributed by atoms with Crippen molar-refractivity contribution in [2.75, 3.05) is 25.5 Å². The van der Waals surface area contributed by atoms with Gasteiger partial charge < -0.3 is 10.2 Å². The van der Waals surface area contributed by atoms with E-state index in [9.17, 15) is 0 Å². The van der Waals surface area contributed by atoms with Crippen LogP contribution in [0.1, 0.15) is 5.82 Å². The summed E-state index contributed by atoms with van der Waals surface area (Å²) in [5.41, 5.74) is 0. The zero-order valence-electron chi connectivity index (χ0n) is 8.29. The van der Waals surface area contributed by atoms with Gasteiger partial charge in [-0.1, -0.05) is 0 Å². The molecule has 1 fully saturated rings. The Kier molecular flexibility index (Phi) is 2.69. The van der Waals surface area contributed by atoms with Crippen molar-refractivity contribution in [2.45, 2.75) is 13.0 Å². The molecule has 1 aromatic rings. The van der Waals surface area contributed by atoms with E-state index in [0.717, 1.165) is 29.3 Å². The second kappa shape index (κ2) is 3.82. The topological polar surface area (TPSA) is 41.1 Å². The molecule has 1 aromatic heterocycles. The fourth-order valence-electron chi connectivity index (χ4n) is 1.60. The second-order valence-corrected chi connectivity index (χ2v) is 4.50. The molecule has 1 N–H and O–H groups in total. The number of nitrogens with one attached hydrogen (secondary N) is 1. The molecule has 0 atom stereocenters. The first-order valence-electron chi connectivity index (χ1n) is 4.60. The number of aromatic nitrogens is 2. The van der Waals surface area contributed by atoms with Gasteiger partial charge in [0.15, 0.2) is 0 Å². The van der Waals surface area contributed by atoms with Gasteiger partial charge in [0.2, 0.25) is 0 Å². The van der Waals surface area contributed by atoms with E-state index in [1.807, 2.05) is 13.0 Å². The predicted molar refractivity (Wildman–Crippen MR) is 59.4 cm³/mol. The number of rotatable bonds is 2. The van der Waals surface area contributed by atoms with Gasteiger partial charge in [0, 0.05) is 19.2 Å². The van der Waals surface area contributed by atoms with Gasteiger partial charge in [-0.25, -0.2) is 9.97 Å². The summed E-state index contributed by atoms with van der Waals surface area (Å²) >= 11 is 3.35. The number of halogens is 1. The molecule has 0 unspecified atom stereocenters. The van der Waals surface area contributed by atoms with E-state index in [4.69, 9.17) is 0 Å². The highest BCUT2D eigenvalue weighted by Crippen LogP contribution is 2.15. The molecule has 0 aliphatic carbocycles. The molecule has 4 nitrogen and oxygen atoms in total. The lowest BCUT2D eigenvalue weighted by Gasteiger charge is -2.36. The van der Waals surface area contributed by atoms with E-state index >= 15 is 0 Å². The molecule has 2 rings (SSSR count). The Morgan fingerprint density at radius 1 is 1.50 bits per heavy atom. The van der Waals surface area contributed by atoms with Crippen LogP contribution in [-0.2, 0) is 0 Å². The molecule has 0 bridgehead atoms. The number of anilines is 1. The van der Waals surface area contributed by atoms with Crippen molar-refractivity contribution in [1.29, 1.82) is 0 Å². The minimum absolute atomic E-state index is 0.529. The fraction of sp³-hybridized carbons (Fsp3) is 0.556. The van der Waals surface area contributed by atoms with Gasteiger partial charge in [-0.2, -0.15) is 0 Å². The largest absolute Gasteiger partial charge is 0.365 e. The molecule has 2 heterocycles. The van der Waals surface area contributed by atoms with Crippen LogP contribution in [0.25, 0.3) is 0 Å². The quantitative estimate of drug-likeness (QED) is 0.810. The maximum Gasteiger partial charge on any atom is 0.131 e. The lowest BCUT2D eigenvalue weighted by atomic mass is 10.1. The van der Waals surface area contributed by atoms with Crippen LogP contribution in [0.4, 0.5) is 5.82 Å². The molecule has 1 saturated heterocycles. The molecule has 0 radical (unpaired) electrons. The van der Waals surface area contributed by atoms with Crippen molar-refractivity contribution in [2.24, 2.45) is 0 Å². The van der Waals surface area contributed by atoms with Gasteiger partial charge >= 0.3 is 0 Å². The molecule has 14 heavy (non-hydrogen) atoms. The summed E-state index contributed by atoms with van der Waals surface area (Å²) in [4.78, 5) is 10.7. The molecule has 76 valence electrons. The fourth-order valence-corrected chi connectivity index (χ4v) is 2.08. The maximum absolute atomic E-state index is 4.31. The summed E-state index contributed by atoms with van der Waals surface area (Å²) in [6.07, 6.45) is 0. The Labute approximate surface area is 91.9 Å². The predicted octanol–water partition coefficient (Wildman–Crippen LogP) is 1.27. The van der Waals surface area contributed by atoms with Crippen LogP contribution in [0.5, 0.6) is 0 Å². The second-order valence-electron chi connectivity index (χ2n) is 3.69. The first-order valence-corrected chi connectivity index (χ1v) is 5.39. The Morgan fingerprint density at radius 2 is 2.21 bits per heavy atom. The van der Waals surface area contributed by atoms with Crippen molar-refractivity contribution in [3.8, 4) is 0 Å². The summed E-state index contributed by atoms with van der Waals surface area (Å²) in [6, 6.07) is 2.44. The van der Waals surface area contributed by atoms with E-state index in [0.29, 0.717) is 6.04 Å². The van der Waals surface area contributed by atoms with E-state index in [1.165, 1.54) is 0 Å². The molecule has 0 aromatic carbocycles. The van der Waals surface area contributed by atoms with Crippen LogP contribution in [0.15, 0.2) is 10.7 Å². The third kappa shape index (κ3) is 2.22. The molecule has 0 amide bonds. The third-order valence-electron chi connectivity index (χ3n) is 2.22. The average molecular weight is 257 g/mol. The summed E-state index contributed by atoms with van der Waals surface area (Å²) in [7, 11) is 2.11. The highest BCUT2D eigenvalue weighted by Gasteiger charge is 2.23. The first kappa shape index (κ1) is 9.86. The first-order chi connectivity index (χ1) is 6.63. The Bertz CT molecular complexity index is 315. The highest BCUT2D eigenvalue weighted by molar-refractivity contribution is 9.10. The van der Waals surface area contributed by atoms with Crippen molar-refractivity contribution in [3.05, 3.63) is 16.5 Å². The SMILES string of the molecule is Cc1nc(Br)cc(NC2CN(C)C2)n1. The Balaban J connectivity index is 2.02. The maximum atomic E-state index is 4.31. The van der Waals surface area contributed by atoms with Gasteiger partial charge in [0.25, 0.3) is 0 Å². The van der Waals surface area contributed by atoms with Crippen LogP contribution in [0.3, 0.4) is 0 Å². The highest BCUT2D eigenvalue weighted by atomic mass is 79.9. The number of hydrogen-bond donors (Lipinski definition) is 1. The van der Waals surface area contributed by atoms with Crippen molar-refractivity contribution in [1.82, 2.24) is 14.9 Å². The molecular weight excluding hydrogens is 244 g/mol.